The Bertz CT molecular complexity index is 278. The van der Waals surface area contributed by atoms with Crippen LogP contribution in [-0.4, -0.2) is 85.0 Å². The Hall–Kier alpha value is -1.14. The summed E-state index contributed by atoms with van der Waals surface area (Å²) in [5, 5.41) is 8.74. The van der Waals surface area contributed by atoms with Crippen LogP contribution in [0.2, 0.25) is 0 Å². The van der Waals surface area contributed by atoms with Gasteiger partial charge in [-0.05, 0) is 27.9 Å². The first-order valence-corrected chi connectivity index (χ1v) is 6.77. The minimum absolute atomic E-state index is 0.0640. The largest absolute Gasteiger partial charge is 0.481 e. The van der Waals surface area contributed by atoms with Gasteiger partial charge >= 0.3 is 5.97 Å². The predicted octanol–water partition coefficient (Wildman–Crippen LogP) is 0.193. The minimum Gasteiger partial charge on any atom is -0.481 e. The summed E-state index contributed by atoms with van der Waals surface area (Å²) >= 11 is 0. The molecule has 0 aliphatic carbocycles. The maximum Gasteiger partial charge on any atom is 0.304 e. The van der Waals surface area contributed by atoms with Crippen LogP contribution in [0, 0.1) is 0 Å². The normalized spacial score (nSPS) is 11.1. The van der Waals surface area contributed by atoms with E-state index < -0.39 is 5.97 Å². The van der Waals surface area contributed by atoms with Gasteiger partial charge in [-0.3, -0.25) is 14.5 Å². The summed E-state index contributed by atoms with van der Waals surface area (Å²) in [5.74, 6) is -0.765. The third-order valence-electron chi connectivity index (χ3n) is 2.98. The number of nitrogens with zero attached hydrogens (tertiary/aromatic N) is 3. The molecular formula is C13H27N3O3. The lowest BCUT2D eigenvalue weighted by Gasteiger charge is -2.26. The number of hydrogen-bond donors (Lipinski definition) is 1. The molecule has 0 fully saturated rings. The van der Waals surface area contributed by atoms with Crippen LogP contribution in [0.3, 0.4) is 0 Å². The topological polar surface area (TPSA) is 64.1 Å². The molecule has 0 bridgehead atoms. The van der Waals surface area contributed by atoms with Crippen LogP contribution in [0.5, 0.6) is 0 Å². The second-order valence-corrected chi connectivity index (χ2v) is 4.79. The van der Waals surface area contributed by atoms with Gasteiger partial charge in [0, 0.05) is 32.7 Å². The number of carboxylic acid groups (broad SMARTS) is 1. The molecule has 1 N–H and O–H groups in total. The molecule has 0 atom stereocenters. The maximum atomic E-state index is 12.0. The fourth-order valence-corrected chi connectivity index (χ4v) is 1.73. The van der Waals surface area contributed by atoms with Crippen molar-refractivity contribution in [3.05, 3.63) is 0 Å². The van der Waals surface area contributed by atoms with Gasteiger partial charge in [-0.2, -0.15) is 0 Å². The Morgan fingerprint density at radius 1 is 1.00 bits per heavy atom. The summed E-state index contributed by atoms with van der Waals surface area (Å²) < 4.78 is 0. The van der Waals surface area contributed by atoms with Crippen molar-refractivity contribution in [1.29, 1.82) is 0 Å². The van der Waals surface area contributed by atoms with Gasteiger partial charge in [0.25, 0.3) is 0 Å². The molecule has 0 aliphatic rings. The highest BCUT2D eigenvalue weighted by molar-refractivity contribution is 5.78. The van der Waals surface area contributed by atoms with Gasteiger partial charge in [-0.25, -0.2) is 0 Å². The fraction of sp³-hybridized carbons (Fsp3) is 0.846. The zero-order chi connectivity index (χ0) is 14.8. The number of carbonyl (C=O) groups excluding carboxylic acids is 1. The molecule has 6 nitrogen and oxygen atoms in total. The molecule has 0 radical (unpaired) electrons. The number of amides is 1. The van der Waals surface area contributed by atoms with E-state index in [1.807, 2.05) is 37.7 Å². The summed E-state index contributed by atoms with van der Waals surface area (Å²) in [5.41, 5.74) is 0. The van der Waals surface area contributed by atoms with E-state index in [1.165, 1.54) is 0 Å². The maximum absolute atomic E-state index is 12.0. The van der Waals surface area contributed by atoms with Gasteiger partial charge in [0.05, 0.1) is 13.0 Å². The van der Waals surface area contributed by atoms with E-state index in [1.54, 1.807) is 4.90 Å². The molecule has 0 saturated heterocycles. The zero-order valence-electron chi connectivity index (χ0n) is 12.6. The van der Waals surface area contributed by atoms with Crippen molar-refractivity contribution in [1.82, 2.24) is 14.7 Å². The molecule has 19 heavy (non-hydrogen) atoms. The second-order valence-electron chi connectivity index (χ2n) is 4.79. The molecule has 0 spiro atoms. The average Bonchev–Trinajstić information content (AvgIpc) is 2.33. The number of carbonyl (C=O) groups is 2. The smallest absolute Gasteiger partial charge is 0.304 e. The van der Waals surface area contributed by atoms with E-state index in [-0.39, 0.29) is 12.3 Å². The molecule has 0 aromatic carbocycles. The summed E-state index contributed by atoms with van der Waals surface area (Å²) in [4.78, 5) is 28.4. The quantitative estimate of drug-likeness (QED) is 0.616. The van der Waals surface area contributed by atoms with Crippen LogP contribution in [0.15, 0.2) is 0 Å². The number of hydrogen-bond acceptors (Lipinski definition) is 4. The summed E-state index contributed by atoms with van der Waals surface area (Å²) in [6.07, 6.45) is 0.0684. The van der Waals surface area contributed by atoms with E-state index in [9.17, 15) is 9.59 Å². The van der Waals surface area contributed by atoms with Crippen LogP contribution < -0.4 is 0 Å². The molecule has 0 unspecified atom stereocenters. The van der Waals surface area contributed by atoms with Gasteiger partial charge in [0.1, 0.15) is 0 Å². The molecular weight excluding hydrogens is 246 g/mol. The fourth-order valence-electron chi connectivity index (χ4n) is 1.73. The van der Waals surface area contributed by atoms with Gasteiger partial charge in [-0.1, -0.05) is 0 Å². The first-order valence-electron chi connectivity index (χ1n) is 6.77. The van der Waals surface area contributed by atoms with E-state index >= 15 is 0 Å². The van der Waals surface area contributed by atoms with E-state index in [2.05, 4.69) is 0 Å². The van der Waals surface area contributed by atoms with Crippen LogP contribution in [-0.2, 0) is 9.59 Å². The molecule has 0 aliphatic heterocycles. The lowest BCUT2D eigenvalue weighted by Crippen LogP contribution is -2.43. The van der Waals surface area contributed by atoms with Crippen molar-refractivity contribution < 1.29 is 14.7 Å². The highest BCUT2D eigenvalue weighted by Crippen LogP contribution is 1.97. The first-order chi connectivity index (χ1) is 8.90. The minimum atomic E-state index is -0.829. The highest BCUT2D eigenvalue weighted by Gasteiger charge is 2.16. The number of aliphatic carboxylic acids is 1. The van der Waals surface area contributed by atoms with Crippen molar-refractivity contribution in [3.8, 4) is 0 Å². The third-order valence-corrected chi connectivity index (χ3v) is 2.98. The van der Waals surface area contributed by atoms with Crippen molar-refractivity contribution in [3.63, 3.8) is 0 Å². The third kappa shape index (κ3) is 8.56. The predicted molar refractivity (Wildman–Crippen MR) is 75.2 cm³/mol. The summed E-state index contributed by atoms with van der Waals surface area (Å²) in [6.45, 7) is 7.49. The molecule has 1 amide bonds. The van der Waals surface area contributed by atoms with Gasteiger partial charge in [0.15, 0.2) is 0 Å². The molecule has 0 saturated carbocycles. The van der Waals surface area contributed by atoms with E-state index in [4.69, 9.17) is 5.11 Å². The molecule has 0 heterocycles. The SMILES string of the molecule is CCN(CC)C(=O)CN(CCC(=O)O)CCN(C)C. The Kier molecular flexibility index (Phi) is 9.16. The molecule has 0 rings (SSSR count). The van der Waals surface area contributed by atoms with Gasteiger partial charge < -0.3 is 14.9 Å². The number of likely N-dealkylation sites (N-methyl/N-ethyl adjacent to an activating group) is 2. The van der Waals surface area contributed by atoms with Crippen molar-refractivity contribution in [2.45, 2.75) is 20.3 Å². The average molecular weight is 273 g/mol. The standard InChI is InChI=1S/C13H27N3O3/c1-5-16(6-2)12(17)11-15(8-7-13(18)19)10-9-14(3)4/h5-11H2,1-4H3,(H,18,19). The molecule has 6 heteroatoms. The van der Waals surface area contributed by atoms with Crippen LogP contribution in [0.4, 0.5) is 0 Å². The van der Waals surface area contributed by atoms with Crippen molar-refractivity contribution in [2.75, 3.05) is 53.4 Å². The zero-order valence-corrected chi connectivity index (χ0v) is 12.6. The Labute approximate surface area is 116 Å². The second kappa shape index (κ2) is 9.75. The molecule has 0 aromatic rings. The summed E-state index contributed by atoms with van der Waals surface area (Å²) in [6, 6.07) is 0. The first kappa shape index (κ1) is 17.9. The number of rotatable bonds is 10. The number of carboxylic acids is 1. The lowest BCUT2D eigenvalue weighted by molar-refractivity contribution is -0.138. The van der Waals surface area contributed by atoms with Crippen LogP contribution in [0.25, 0.3) is 0 Å². The monoisotopic (exact) mass is 273 g/mol. The Morgan fingerprint density at radius 3 is 2.00 bits per heavy atom. The van der Waals surface area contributed by atoms with Crippen molar-refractivity contribution in [2.24, 2.45) is 0 Å². The van der Waals surface area contributed by atoms with E-state index in [0.29, 0.717) is 32.7 Å². The lowest BCUT2D eigenvalue weighted by atomic mass is 10.3. The Balaban J connectivity index is 4.37. The highest BCUT2D eigenvalue weighted by atomic mass is 16.4. The van der Waals surface area contributed by atoms with Crippen molar-refractivity contribution >= 4 is 11.9 Å². The van der Waals surface area contributed by atoms with Gasteiger partial charge in [-0.15, -0.1) is 0 Å². The Morgan fingerprint density at radius 2 is 1.58 bits per heavy atom. The van der Waals surface area contributed by atoms with E-state index in [0.717, 1.165) is 6.54 Å². The van der Waals surface area contributed by atoms with Gasteiger partial charge in [0.2, 0.25) is 5.91 Å². The molecule has 112 valence electrons. The summed E-state index contributed by atoms with van der Waals surface area (Å²) in [7, 11) is 3.92. The molecule has 0 aromatic heterocycles. The van der Waals surface area contributed by atoms with Crippen LogP contribution >= 0.6 is 0 Å². The van der Waals surface area contributed by atoms with Crippen LogP contribution in [0.1, 0.15) is 20.3 Å².